The molecule has 138 valence electrons. The Labute approximate surface area is 168 Å². The minimum absolute atomic E-state index is 0.393. The Kier molecular flexibility index (Phi) is 5.15. The molecule has 2 heterocycles. The topological polar surface area (TPSA) is 23.4 Å². The summed E-state index contributed by atoms with van der Waals surface area (Å²) >= 11 is 12.4. The average molecular weight is 400 g/mol. The molecule has 1 aliphatic heterocycles. The normalized spacial score (nSPS) is 12.6. The highest BCUT2D eigenvalue weighted by atomic mass is 35.5. The second-order valence-corrected chi connectivity index (χ2v) is 7.31. The molecule has 1 aliphatic rings. The lowest BCUT2D eigenvalue weighted by Crippen LogP contribution is -2.01. The van der Waals surface area contributed by atoms with Crippen molar-refractivity contribution in [1.82, 2.24) is 4.57 Å². The smallest absolute Gasteiger partial charge is 0.180 e. The number of ether oxygens (including phenoxy) is 2. The molecule has 0 saturated carbocycles. The van der Waals surface area contributed by atoms with Crippen LogP contribution in [0.25, 0.3) is 5.70 Å². The van der Waals surface area contributed by atoms with Crippen molar-refractivity contribution in [2.45, 2.75) is 19.4 Å². The van der Waals surface area contributed by atoms with E-state index in [1.54, 1.807) is 7.11 Å². The van der Waals surface area contributed by atoms with Gasteiger partial charge in [-0.05, 0) is 47.5 Å². The van der Waals surface area contributed by atoms with Gasteiger partial charge in [-0.1, -0.05) is 41.4 Å². The first-order chi connectivity index (χ1) is 13.1. The number of halogens is 2. The monoisotopic (exact) mass is 399 g/mol. The fourth-order valence-electron chi connectivity index (χ4n) is 3.30. The average Bonchev–Trinajstić information content (AvgIpc) is 3.27. The molecule has 0 amide bonds. The number of aromatic nitrogens is 1. The van der Waals surface area contributed by atoms with E-state index in [-0.39, 0.29) is 0 Å². The summed E-state index contributed by atoms with van der Waals surface area (Å²) < 4.78 is 13.7. The van der Waals surface area contributed by atoms with E-state index in [1.807, 2.05) is 36.4 Å². The van der Waals surface area contributed by atoms with Gasteiger partial charge >= 0.3 is 0 Å². The summed E-state index contributed by atoms with van der Waals surface area (Å²) in [5, 5.41) is 1.25. The van der Waals surface area contributed by atoms with Crippen LogP contribution in [0.5, 0.6) is 11.5 Å². The van der Waals surface area contributed by atoms with Crippen LogP contribution >= 0.6 is 23.2 Å². The lowest BCUT2D eigenvalue weighted by Gasteiger charge is -2.15. The van der Waals surface area contributed by atoms with Gasteiger partial charge in [0.05, 0.1) is 12.1 Å². The molecule has 0 aliphatic carbocycles. The molecule has 27 heavy (non-hydrogen) atoms. The first kappa shape index (κ1) is 18.0. The molecule has 0 N–H and O–H groups in total. The van der Waals surface area contributed by atoms with Crippen LogP contribution in [0, 0.1) is 0 Å². The van der Waals surface area contributed by atoms with Crippen molar-refractivity contribution >= 4 is 28.9 Å². The molecule has 2 aromatic carbocycles. The number of benzene rings is 2. The predicted molar refractivity (Wildman–Crippen MR) is 110 cm³/mol. The van der Waals surface area contributed by atoms with Gasteiger partial charge in [-0.15, -0.1) is 0 Å². The molecule has 0 unspecified atom stereocenters. The van der Waals surface area contributed by atoms with Gasteiger partial charge < -0.3 is 14.0 Å². The second-order valence-electron chi connectivity index (χ2n) is 6.47. The van der Waals surface area contributed by atoms with Gasteiger partial charge in [0, 0.05) is 35.5 Å². The lowest BCUT2D eigenvalue weighted by molar-refractivity contribution is 0.284. The van der Waals surface area contributed by atoms with Crippen LogP contribution in [0.4, 0.5) is 0 Å². The largest absolute Gasteiger partial charge is 0.493 e. The first-order valence-electron chi connectivity index (χ1n) is 8.73. The summed E-state index contributed by atoms with van der Waals surface area (Å²) in [6.07, 6.45) is 6.10. The van der Waals surface area contributed by atoms with Crippen molar-refractivity contribution in [1.29, 1.82) is 0 Å². The third-order valence-corrected chi connectivity index (χ3v) is 5.19. The molecule has 0 saturated heterocycles. The zero-order chi connectivity index (χ0) is 18.8. The number of fused-ring (bicyclic) bond motifs is 1. The summed E-state index contributed by atoms with van der Waals surface area (Å²) in [6.45, 7) is 0.393. The lowest BCUT2D eigenvalue weighted by atomic mass is 10.1. The summed E-state index contributed by atoms with van der Waals surface area (Å²) in [5.74, 6) is 1.19. The van der Waals surface area contributed by atoms with E-state index in [0.717, 1.165) is 24.0 Å². The quantitative estimate of drug-likeness (QED) is 0.505. The third-order valence-electron chi connectivity index (χ3n) is 4.66. The number of nitrogens with zero attached hydrogens (tertiary/aromatic N) is 1. The van der Waals surface area contributed by atoms with Gasteiger partial charge in [0.15, 0.2) is 11.5 Å². The molecule has 0 atom stereocenters. The van der Waals surface area contributed by atoms with Gasteiger partial charge in [-0.2, -0.15) is 0 Å². The first-order valence-corrected chi connectivity index (χ1v) is 9.49. The van der Waals surface area contributed by atoms with Gasteiger partial charge in [-0.25, -0.2) is 0 Å². The zero-order valence-corrected chi connectivity index (χ0v) is 16.4. The molecular weight excluding hydrogens is 381 g/mol. The third kappa shape index (κ3) is 3.85. The Morgan fingerprint density at radius 3 is 2.63 bits per heavy atom. The minimum atomic E-state index is 0.393. The highest BCUT2D eigenvalue weighted by Crippen LogP contribution is 2.38. The number of hydrogen-bond donors (Lipinski definition) is 0. The van der Waals surface area contributed by atoms with Crippen LogP contribution in [0.3, 0.4) is 0 Å². The molecule has 3 aromatic rings. The molecular formula is C22H19Cl2NO2. The Morgan fingerprint density at radius 1 is 1.04 bits per heavy atom. The van der Waals surface area contributed by atoms with Crippen molar-refractivity contribution < 1.29 is 9.47 Å². The van der Waals surface area contributed by atoms with E-state index in [2.05, 4.69) is 29.0 Å². The highest BCUT2D eigenvalue weighted by molar-refractivity contribution is 6.32. The maximum Gasteiger partial charge on any atom is 0.180 e. The van der Waals surface area contributed by atoms with Crippen LogP contribution < -0.4 is 9.47 Å². The predicted octanol–water partition coefficient (Wildman–Crippen LogP) is 6.02. The Morgan fingerprint density at radius 2 is 1.85 bits per heavy atom. The van der Waals surface area contributed by atoms with Crippen LogP contribution in [-0.4, -0.2) is 11.7 Å². The van der Waals surface area contributed by atoms with Crippen LogP contribution in [-0.2, 0) is 19.4 Å². The summed E-state index contributed by atoms with van der Waals surface area (Å²) in [6, 6.07) is 15.7. The van der Waals surface area contributed by atoms with Crippen molar-refractivity contribution in [2.75, 3.05) is 7.11 Å². The second kappa shape index (κ2) is 7.71. The fraction of sp³-hybridized carbons (Fsp3) is 0.182. The maximum atomic E-state index is 6.52. The summed E-state index contributed by atoms with van der Waals surface area (Å²) in [4.78, 5) is 0. The number of rotatable bonds is 6. The van der Waals surface area contributed by atoms with Crippen molar-refractivity contribution in [3.05, 3.63) is 87.7 Å². The molecule has 4 rings (SSSR count). The van der Waals surface area contributed by atoms with Crippen molar-refractivity contribution in [2.24, 2.45) is 0 Å². The maximum absolute atomic E-state index is 6.52. The zero-order valence-electron chi connectivity index (χ0n) is 14.9. The minimum Gasteiger partial charge on any atom is -0.493 e. The highest BCUT2D eigenvalue weighted by Gasteiger charge is 2.16. The van der Waals surface area contributed by atoms with E-state index in [1.165, 1.54) is 11.4 Å². The fourth-order valence-corrected chi connectivity index (χ4v) is 3.72. The summed E-state index contributed by atoms with van der Waals surface area (Å²) in [5.41, 5.74) is 4.66. The SMILES string of the molecule is COc1cc(CC2=CCc3cccn32)cc(Cl)c1OCc1ccc(Cl)cc1. The van der Waals surface area contributed by atoms with Gasteiger partial charge in [-0.3, -0.25) is 0 Å². The van der Waals surface area contributed by atoms with Crippen molar-refractivity contribution in [3.63, 3.8) is 0 Å². The molecule has 0 bridgehead atoms. The van der Waals surface area contributed by atoms with E-state index < -0.39 is 0 Å². The van der Waals surface area contributed by atoms with Gasteiger partial charge in [0.2, 0.25) is 0 Å². The molecule has 1 aromatic heterocycles. The van der Waals surface area contributed by atoms with E-state index in [0.29, 0.717) is 28.2 Å². The molecule has 0 spiro atoms. The van der Waals surface area contributed by atoms with Crippen LogP contribution in [0.2, 0.25) is 10.0 Å². The van der Waals surface area contributed by atoms with E-state index >= 15 is 0 Å². The summed E-state index contributed by atoms with van der Waals surface area (Å²) in [7, 11) is 1.63. The Balaban J connectivity index is 1.53. The Bertz CT molecular complexity index is 990. The number of methoxy groups -OCH3 is 1. The Hall–Kier alpha value is -2.36. The van der Waals surface area contributed by atoms with Crippen LogP contribution in [0.1, 0.15) is 16.8 Å². The molecule has 5 heteroatoms. The number of hydrogen-bond acceptors (Lipinski definition) is 2. The molecule has 3 nitrogen and oxygen atoms in total. The number of allylic oxidation sites excluding steroid dienone is 2. The molecule has 0 fully saturated rings. The van der Waals surface area contributed by atoms with Crippen molar-refractivity contribution in [3.8, 4) is 11.5 Å². The van der Waals surface area contributed by atoms with E-state index in [9.17, 15) is 0 Å². The standard InChI is InChI=1S/C22H19Cl2NO2/c1-26-21-13-16(11-19-9-8-18-3-2-10-25(18)19)12-20(24)22(21)27-14-15-4-6-17(23)7-5-15/h2-7,9-10,12-13H,8,11,14H2,1H3. The van der Waals surface area contributed by atoms with Crippen LogP contribution in [0.15, 0.2) is 60.8 Å². The van der Waals surface area contributed by atoms with E-state index in [4.69, 9.17) is 32.7 Å². The van der Waals surface area contributed by atoms with Gasteiger partial charge in [0.1, 0.15) is 6.61 Å². The van der Waals surface area contributed by atoms with Gasteiger partial charge in [0.25, 0.3) is 0 Å². The molecule has 0 radical (unpaired) electrons.